The highest BCUT2D eigenvalue weighted by molar-refractivity contribution is 7.10. The number of ether oxygens (including phenoxy) is 5. The van der Waals surface area contributed by atoms with Crippen molar-refractivity contribution in [2.24, 2.45) is 5.41 Å². The van der Waals surface area contributed by atoms with Crippen molar-refractivity contribution in [2.75, 3.05) is 91.9 Å². The number of hydrogen-bond donors (Lipinski definition) is 2. The summed E-state index contributed by atoms with van der Waals surface area (Å²) in [6, 6.07) is 6.30. The fourth-order valence-electron chi connectivity index (χ4n) is 9.79. The number of benzene rings is 1. The molecule has 18 heteroatoms. The number of rotatable bonds is 13. The predicted molar refractivity (Wildman–Crippen MR) is 262 cm³/mol. The molecule has 7 heterocycles. The van der Waals surface area contributed by atoms with Gasteiger partial charge in [0, 0.05) is 99.5 Å². The molecule has 3 saturated heterocycles. The Bertz CT molecular complexity index is 2410. The van der Waals surface area contributed by atoms with Crippen LogP contribution < -0.4 is 15.6 Å². The molecule has 4 aliphatic rings. The summed E-state index contributed by atoms with van der Waals surface area (Å²) >= 11 is 1.39. The van der Waals surface area contributed by atoms with Gasteiger partial charge >= 0.3 is 12.0 Å². The van der Waals surface area contributed by atoms with Crippen molar-refractivity contribution < 1.29 is 38.1 Å². The third-order valence-electron chi connectivity index (χ3n) is 13.7. The zero-order valence-corrected chi connectivity index (χ0v) is 42.2. The average molecular weight is 958 g/mol. The van der Waals surface area contributed by atoms with E-state index in [9.17, 15) is 14.4 Å². The molecule has 0 aliphatic carbocycles. The Labute approximate surface area is 404 Å². The predicted octanol–water partition coefficient (Wildman–Crippen LogP) is 6.21. The highest BCUT2D eigenvalue weighted by Crippen LogP contribution is 2.43. The van der Waals surface area contributed by atoms with E-state index in [-0.39, 0.29) is 37.5 Å². The Balaban J connectivity index is 1.30. The zero-order chi connectivity index (χ0) is 48.3. The first-order valence-electron chi connectivity index (χ1n) is 24.3. The summed E-state index contributed by atoms with van der Waals surface area (Å²) in [5, 5.41) is 8.05. The number of urea groups is 1. The smallest absolute Gasteiger partial charge is 0.324 e. The van der Waals surface area contributed by atoms with Gasteiger partial charge in [0.2, 0.25) is 0 Å². The number of fused-ring (bicyclic) bond motifs is 6. The first-order chi connectivity index (χ1) is 32.7. The minimum absolute atomic E-state index is 0.0407. The Morgan fingerprint density at radius 1 is 1.06 bits per heavy atom. The van der Waals surface area contributed by atoms with Gasteiger partial charge in [-0.25, -0.2) is 15.2 Å². The van der Waals surface area contributed by atoms with Gasteiger partial charge in [-0.1, -0.05) is 19.9 Å². The largest absolute Gasteiger partial charge is 0.464 e. The molecule has 17 nitrogen and oxygen atoms in total. The van der Waals surface area contributed by atoms with Crippen molar-refractivity contribution in [3.63, 3.8) is 0 Å². The number of hydrazine groups is 1. The summed E-state index contributed by atoms with van der Waals surface area (Å²) in [5.41, 5.74) is 10.2. The quantitative estimate of drug-likeness (QED) is 0.146. The first kappa shape index (κ1) is 49.7. The topological polar surface area (TPSA) is 165 Å². The second-order valence-corrected chi connectivity index (χ2v) is 20.5. The molecular weight excluding hydrogens is 887 g/mol. The molecule has 3 aromatic heterocycles. The number of piperazine rings is 1. The van der Waals surface area contributed by atoms with Gasteiger partial charge in [-0.3, -0.25) is 19.6 Å². The van der Waals surface area contributed by atoms with E-state index in [4.69, 9.17) is 33.7 Å². The number of carbonyl (C=O) groups is 3. The van der Waals surface area contributed by atoms with Gasteiger partial charge in [0.05, 0.1) is 67.0 Å². The Morgan fingerprint density at radius 3 is 2.56 bits per heavy atom. The normalized spacial score (nSPS) is 23.1. The third-order valence-corrected chi connectivity index (χ3v) is 14.6. The van der Waals surface area contributed by atoms with Gasteiger partial charge in [-0.2, -0.15) is 0 Å². The van der Waals surface area contributed by atoms with Crippen LogP contribution in [0.15, 0.2) is 35.8 Å². The van der Waals surface area contributed by atoms with E-state index < -0.39 is 35.5 Å². The van der Waals surface area contributed by atoms with Crippen LogP contribution in [0.3, 0.4) is 0 Å². The van der Waals surface area contributed by atoms with E-state index in [0.29, 0.717) is 57.1 Å². The molecule has 1 unspecified atom stereocenters. The minimum atomic E-state index is -1.16. The molecule has 68 heavy (non-hydrogen) atoms. The molecule has 5 atom stereocenters. The number of aromatic nitrogens is 3. The molecule has 4 aromatic rings. The van der Waals surface area contributed by atoms with Gasteiger partial charge in [-0.15, -0.1) is 11.3 Å². The number of nitrogens with one attached hydrogen (secondary N) is 2. The fraction of sp³-hybridized carbons (Fsp3) is 0.620. The summed E-state index contributed by atoms with van der Waals surface area (Å²) in [4.78, 5) is 59.7. The van der Waals surface area contributed by atoms with Gasteiger partial charge < -0.3 is 48.3 Å². The average Bonchev–Trinajstić information content (AvgIpc) is 3.92. The number of pyridine rings is 1. The van der Waals surface area contributed by atoms with Crippen molar-refractivity contribution in [3.8, 4) is 22.5 Å². The zero-order valence-electron chi connectivity index (χ0n) is 41.3. The van der Waals surface area contributed by atoms with E-state index in [1.54, 1.807) is 19.1 Å². The number of hydrogen-bond acceptors (Lipinski definition) is 14. The van der Waals surface area contributed by atoms with Crippen LogP contribution in [0, 0.1) is 5.41 Å². The van der Waals surface area contributed by atoms with Crippen LogP contribution in [0.2, 0.25) is 0 Å². The van der Waals surface area contributed by atoms with Gasteiger partial charge in [0.25, 0.3) is 5.91 Å². The van der Waals surface area contributed by atoms with E-state index in [2.05, 4.69) is 70.3 Å². The molecule has 0 saturated carbocycles. The maximum absolute atomic E-state index is 14.8. The van der Waals surface area contributed by atoms with E-state index in [0.717, 1.165) is 83.0 Å². The minimum Gasteiger partial charge on any atom is -0.464 e. The van der Waals surface area contributed by atoms with Crippen LogP contribution >= 0.6 is 11.3 Å². The molecule has 0 spiro atoms. The van der Waals surface area contributed by atoms with Crippen LogP contribution in [-0.4, -0.2) is 158 Å². The van der Waals surface area contributed by atoms with Gasteiger partial charge in [0.1, 0.15) is 23.2 Å². The van der Waals surface area contributed by atoms with Gasteiger partial charge in [-0.05, 0) is 84.2 Å². The lowest BCUT2D eigenvalue weighted by molar-refractivity contribution is -0.156. The molecule has 370 valence electrons. The number of amides is 3. The lowest BCUT2D eigenvalue weighted by Crippen LogP contribution is -2.64. The van der Waals surface area contributed by atoms with Crippen molar-refractivity contribution >= 4 is 45.8 Å². The van der Waals surface area contributed by atoms with Crippen LogP contribution in [0.4, 0.5) is 10.5 Å². The summed E-state index contributed by atoms with van der Waals surface area (Å²) in [6.45, 7) is 18.6. The number of likely N-dealkylation sites (tertiary alicyclic amines) is 1. The molecule has 8 rings (SSSR count). The number of nitrogens with zero attached hydrogens (tertiary/aromatic N) is 7. The summed E-state index contributed by atoms with van der Waals surface area (Å²) < 4.78 is 32.7. The Morgan fingerprint density at radius 2 is 1.85 bits per heavy atom. The second kappa shape index (κ2) is 21.5. The van der Waals surface area contributed by atoms with Crippen molar-refractivity contribution in [3.05, 3.63) is 52.1 Å². The Hall–Kier alpha value is -4.69. The second-order valence-electron chi connectivity index (χ2n) is 19.7. The highest BCUT2D eigenvalue weighted by atomic mass is 32.1. The molecular formula is C50H71N9O8S. The van der Waals surface area contributed by atoms with Crippen molar-refractivity contribution in [2.45, 2.75) is 110 Å². The van der Waals surface area contributed by atoms with Crippen molar-refractivity contribution in [1.29, 1.82) is 0 Å². The molecule has 2 N–H and O–H groups in total. The number of esters is 1. The van der Waals surface area contributed by atoms with E-state index >= 15 is 0 Å². The number of methoxy groups -OCH3 is 2. The molecule has 4 aliphatic heterocycles. The molecule has 1 aromatic carbocycles. The molecule has 0 radical (unpaired) electrons. The third kappa shape index (κ3) is 10.7. The van der Waals surface area contributed by atoms with Crippen LogP contribution in [0.5, 0.6) is 0 Å². The highest BCUT2D eigenvalue weighted by Gasteiger charge is 2.42. The molecule has 3 amide bonds. The van der Waals surface area contributed by atoms with E-state index in [1.807, 2.05) is 39.3 Å². The number of likely N-dealkylation sites (N-methyl/N-ethyl adjacent to an activating group) is 1. The SMILES string of the molecule is CCO[C@@H]1c2nc(cs2)-c2ccc3c(c2)c(c(-c2cc(N4CCN(C)CC4)cnc2[C@H](C)OC)n3CCOC(C)C)CC(C)(C)COC(=O)[C@@H]2CCCN(N2)C(=O)C1NC(=O)N1CC[C@H]1COC. The first-order valence-corrected chi connectivity index (χ1v) is 25.2. The lowest BCUT2D eigenvalue weighted by Gasteiger charge is -2.42. The summed E-state index contributed by atoms with van der Waals surface area (Å²) in [5.74, 6) is -0.867. The van der Waals surface area contributed by atoms with E-state index in [1.165, 1.54) is 16.3 Å². The maximum atomic E-state index is 14.8. The summed E-state index contributed by atoms with van der Waals surface area (Å²) in [6.07, 6.45) is 3.16. The maximum Gasteiger partial charge on any atom is 0.324 e. The number of carbonyl (C=O) groups excluding carboxylic acids is 3. The van der Waals surface area contributed by atoms with Crippen LogP contribution in [-0.2, 0) is 46.2 Å². The monoisotopic (exact) mass is 958 g/mol. The van der Waals surface area contributed by atoms with Crippen molar-refractivity contribution in [1.82, 2.24) is 40.1 Å². The molecule has 3 fully saturated rings. The standard InChI is InChI=1S/C50H71N9O8S/c1-10-65-45-43(53-49(62)57-17-15-34(57)28-63-8)47(60)59-16-11-12-39(54-59)48(61)67-30-50(5,6)26-38-36-24-33(40-29-68-46(45)52-40)13-14-41(36)58(22-23-66-31(2)3)44(38)37-25-35(27-51-42(37)32(4)64-9)56-20-18-55(7)19-21-56/h13-14,24-25,27,29,31-32,34,39,43,45,54H,10-12,15-23,26,28,30H2,1-9H3,(H,53,62)/t32-,34-,39-,43?,45-/m0/s1. The number of anilines is 1. The number of thiazole rings is 1. The summed E-state index contributed by atoms with van der Waals surface area (Å²) in [7, 11) is 5.49. The van der Waals surface area contributed by atoms with Crippen LogP contribution in [0.25, 0.3) is 33.4 Å². The lowest BCUT2D eigenvalue weighted by atomic mass is 9.84. The molecule has 6 bridgehead atoms. The van der Waals surface area contributed by atoms with Gasteiger partial charge in [0.15, 0.2) is 0 Å². The van der Waals surface area contributed by atoms with Crippen LogP contribution in [0.1, 0.15) is 89.3 Å². The number of cyclic esters (lactones) is 1. The fourth-order valence-corrected chi connectivity index (χ4v) is 10.7. The Kier molecular flexibility index (Phi) is 15.7.